The summed E-state index contributed by atoms with van der Waals surface area (Å²) >= 11 is 2.05. The maximum absolute atomic E-state index is 4.45. The number of aryl methyl sites for hydroxylation is 2. The summed E-state index contributed by atoms with van der Waals surface area (Å²) in [7, 11) is 1.88. The predicted octanol–water partition coefficient (Wildman–Crippen LogP) is 2.99. The van der Waals surface area contributed by atoms with Crippen LogP contribution in [0, 0.1) is 6.92 Å². The molecule has 132 valence electrons. The number of hydrogen-bond donors (Lipinski definition) is 1. The Morgan fingerprint density at radius 2 is 2.22 bits per heavy atom. The molecule has 0 amide bonds. The average molecular weight is 451 g/mol. The molecule has 1 aliphatic rings. The summed E-state index contributed by atoms with van der Waals surface area (Å²) in [5.74, 6) is 3.32. The van der Waals surface area contributed by atoms with Gasteiger partial charge in [0.2, 0.25) is 0 Å². The quantitative estimate of drug-likeness (QED) is 0.324. The molecule has 0 spiro atoms. The third-order valence-corrected chi connectivity index (χ3v) is 5.27. The van der Waals surface area contributed by atoms with Crippen LogP contribution >= 0.6 is 35.7 Å². The SMILES string of the molecule is CN=C(NCCCCn1ccnc1C)N1CCSC(C)(C)C1.I. The van der Waals surface area contributed by atoms with Crippen LogP contribution in [-0.2, 0) is 6.54 Å². The molecule has 2 heterocycles. The van der Waals surface area contributed by atoms with Crippen LogP contribution in [0.4, 0.5) is 0 Å². The van der Waals surface area contributed by atoms with E-state index in [9.17, 15) is 0 Å². The molecule has 0 aromatic carbocycles. The minimum Gasteiger partial charge on any atom is -0.356 e. The fraction of sp³-hybridized carbons (Fsp3) is 0.750. The molecule has 0 atom stereocenters. The van der Waals surface area contributed by atoms with Crippen LogP contribution in [0.5, 0.6) is 0 Å². The van der Waals surface area contributed by atoms with Crippen LogP contribution in [0.15, 0.2) is 17.4 Å². The molecule has 7 heteroatoms. The second-order valence-corrected chi connectivity index (χ2v) is 8.18. The number of nitrogens with zero attached hydrogens (tertiary/aromatic N) is 4. The lowest BCUT2D eigenvalue weighted by atomic mass is 10.2. The lowest BCUT2D eigenvalue weighted by Crippen LogP contribution is -2.51. The van der Waals surface area contributed by atoms with Crippen molar-refractivity contribution in [3.63, 3.8) is 0 Å². The highest BCUT2D eigenvalue weighted by atomic mass is 127. The molecular weight excluding hydrogens is 421 g/mol. The summed E-state index contributed by atoms with van der Waals surface area (Å²) in [5.41, 5.74) is 0. The molecule has 1 fully saturated rings. The largest absolute Gasteiger partial charge is 0.356 e. The Morgan fingerprint density at radius 1 is 1.43 bits per heavy atom. The van der Waals surface area contributed by atoms with E-state index in [1.165, 1.54) is 5.75 Å². The number of nitrogens with one attached hydrogen (secondary N) is 1. The van der Waals surface area contributed by atoms with Crippen molar-refractivity contribution in [1.29, 1.82) is 0 Å². The molecule has 0 unspecified atom stereocenters. The van der Waals surface area contributed by atoms with Gasteiger partial charge in [0.15, 0.2) is 5.96 Å². The van der Waals surface area contributed by atoms with E-state index in [1.54, 1.807) is 0 Å². The normalized spacial score (nSPS) is 17.7. The summed E-state index contributed by atoms with van der Waals surface area (Å²) in [5, 5.41) is 3.51. The number of halogens is 1. The van der Waals surface area contributed by atoms with Crippen molar-refractivity contribution in [2.24, 2.45) is 4.99 Å². The lowest BCUT2D eigenvalue weighted by Gasteiger charge is -2.39. The molecule has 23 heavy (non-hydrogen) atoms. The van der Waals surface area contributed by atoms with Gasteiger partial charge < -0.3 is 14.8 Å². The van der Waals surface area contributed by atoms with Crippen LogP contribution in [0.25, 0.3) is 0 Å². The zero-order valence-corrected chi connectivity index (χ0v) is 17.9. The first-order valence-corrected chi connectivity index (χ1v) is 9.08. The molecule has 1 saturated heterocycles. The molecule has 1 N–H and O–H groups in total. The summed E-state index contributed by atoms with van der Waals surface area (Å²) in [6.07, 6.45) is 6.21. The highest BCUT2D eigenvalue weighted by molar-refractivity contribution is 14.0. The highest BCUT2D eigenvalue weighted by Gasteiger charge is 2.28. The number of rotatable bonds is 5. The van der Waals surface area contributed by atoms with E-state index in [1.807, 2.05) is 13.2 Å². The van der Waals surface area contributed by atoms with Crippen molar-refractivity contribution in [3.8, 4) is 0 Å². The van der Waals surface area contributed by atoms with Gasteiger partial charge in [0.1, 0.15) is 5.82 Å². The summed E-state index contributed by atoms with van der Waals surface area (Å²) < 4.78 is 2.52. The zero-order valence-electron chi connectivity index (χ0n) is 14.7. The second kappa shape index (κ2) is 9.76. The summed E-state index contributed by atoms with van der Waals surface area (Å²) in [6.45, 7) is 10.8. The number of aliphatic imine (C=N–C) groups is 1. The van der Waals surface area contributed by atoms with Crippen LogP contribution < -0.4 is 5.32 Å². The maximum Gasteiger partial charge on any atom is 0.193 e. The monoisotopic (exact) mass is 451 g/mol. The van der Waals surface area contributed by atoms with Gasteiger partial charge in [-0.05, 0) is 33.6 Å². The molecule has 0 bridgehead atoms. The Bertz CT molecular complexity index is 500. The molecule has 0 radical (unpaired) electrons. The zero-order chi connectivity index (χ0) is 16.0. The Labute approximate surface area is 161 Å². The topological polar surface area (TPSA) is 45.5 Å². The molecule has 0 saturated carbocycles. The molecule has 2 rings (SSSR count). The van der Waals surface area contributed by atoms with Crippen molar-refractivity contribution >= 4 is 41.7 Å². The van der Waals surface area contributed by atoms with Crippen molar-refractivity contribution < 1.29 is 0 Å². The molecule has 1 aromatic heterocycles. The van der Waals surface area contributed by atoms with Gasteiger partial charge in [-0.1, -0.05) is 0 Å². The first kappa shape index (κ1) is 20.6. The minimum absolute atomic E-state index is 0. The van der Waals surface area contributed by atoms with Gasteiger partial charge in [0.05, 0.1) is 0 Å². The second-order valence-electron chi connectivity index (χ2n) is 6.38. The Hall–Kier alpha value is -0.440. The van der Waals surface area contributed by atoms with Crippen LogP contribution in [0.1, 0.15) is 32.5 Å². The molecule has 0 aliphatic carbocycles. The van der Waals surface area contributed by atoms with Crippen molar-refractivity contribution in [2.75, 3.05) is 32.4 Å². The number of guanidine groups is 1. The predicted molar refractivity (Wildman–Crippen MR) is 111 cm³/mol. The average Bonchev–Trinajstić information content (AvgIpc) is 2.87. The number of imidazole rings is 1. The first-order valence-electron chi connectivity index (χ1n) is 8.09. The van der Waals surface area contributed by atoms with Crippen molar-refractivity contribution in [3.05, 3.63) is 18.2 Å². The van der Waals surface area contributed by atoms with E-state index in [-0.39, 0.29) is 24.0 Å². The van der Waals surface area contributed by atoms with E-state index in [0.717, 1.165) is 50.8 Å². The van der Waals surface area contributed by atoms with Gasteiger partial charge in [-0.15, -0.1) is 24.0 Å². The van der Waals surface area contributed by atoms with Gasteiger partial charge in [0.25, 0.3) is 0 Å². The van der Waals surface area contributed by atoms with E-state index >= 15 is 0 Å². The summed E-state index contributed by atoms with van der Waals surface area (Å²) in [4.78, 5) is 11.1. The van der Waals surface area contributed by atoms with Crippen molar-refractivity contribution in [1.82, 2.24) is 19.8 Å². The Morgan fingerprint density at radius 3 is 2.83 bits per heavy atom. The number of thioether (sulfide) groups is 1. The standard InChI is InChI=1S/C16H29N5S.HI/c1-14-18-8-10-20(14)9-6-5-7-19-15(17-4)21-11-12-22-16(2,3)13-21;/h8,10H,5-7,9,11-13H2,1-4H3,(H,17,19);1H. The first-order chi connectivity index (χ1) is 10.5. The Balaban J connectivity index is 0.00000264. The fourth-order valence-corrected chi connectivity index (χ4v) is 3.89. The van der Waals surface area contributed by atoms with Crippen LogP contribution in [0.2, 0.25) is 0 Å². The Kier molecular flexibility index (Phi) is 8.74. The van der Waals surface area contributed by atoms with Crippen molar-refractivity contribution in [2.45, 2.75) is 44.9 Å². The molecule has 1 aliphatic heterocycles. The number of unbranched alkanes of at least 4 members (excludes halogenated alkanes) is 1. The van der Waals surface area contributed by atoms with E-state index < -0.39 is 0 Å². The molecular formula is C16H30IN5S. The molecule has 5 nitrogen and oxygen atoms in total. The van der Waals surface area contributed by atoms with E-state index in [4.69, 9.17) is 0 Å². The van der Waals surface area contributed by atoms with Crippen LogP contribution in [0.3, 0.4) is 0 Å². The molecule has 1 aromatic rings. The van der Waals surface area contributed by atoms with E-state index in [2.05, 4.69) is 63.5 Å². The number of hydrogen-bond acceptors (Lipinski definition) is 3. The van der Waals surface area contributed by atoms with Gasteiger partial charge in [-0.2, -0.15) is 11.8 Å². The number of aromatic nitrogens is 2. The lowest BCUT2D eigenvalue weighted by molar-refractivity contribution is 0.375. The van der Waals surface area contributed by atoms with Gasteiger partial charge in [-0.25, -0.2) is 4.98 Å². The third-order valence-electron chi connectivity index (χ3n) is 3.97. The van der Waals surface area contributed by atoms with Gasteiger partial charge in [0, 0.05) is 56.1 Å². The minimum atomic E-state index is 0. The summed E-state index contributed by atoms with van der Waals surface area (Å²) in [6, 6.07) is 0. The van der Waals surface area contributed by atoms with E-state index in [0.29, 0.717) is 4.75 Å². The van der Waals surface area contributed by atoms with Gasteiger partial charge in [-0.3, -0.25) is 4.99 Å². The highest BCUT2D eigenvalue weighted by Crippen LogP contribution is 2.29. The third kappa shape index (κ3) is 6.52. The fourth-order valence-electron chi connectivity index (χ4n) is 2.78. The smallest absolute Gasteiger partial charge is 0.193 e. The van der Waals surface area contributed by atoms with Gasteiger partial charge >= 0.3 is 0 Å². The maximum atomic E-state index is 4.45. The van der Waals surface area contributed by atoms with Crippen LogP contribution in [-0.4, -0.2) is 57.6 Å².